The summed E-state index contributed by atoms with van der Waals surface area (Å²) in [6.45, 7) is 2.30. The standard InChI is InChI=1S/C15H23NO/c1-3-12-8-4-5-9-13(12)16-14-10-6-7-11-15(14)17-2/h6-7,10-13,16H,3-5,8-9H2,1-2H3. The van der Waals surface area contributed by atoms with Gasteiger partial charge in [0.2, 0.25) is 0 Å². The highest BCUT2D eigenvalue weighted by Gasteiger charge is 2.23. The summed E-state index contributed by atoms with van der Waals surface area (Å²) in [4.78, 5) is 0. The van der Waals surface area contributed by atoms with Gasteiger partial charge in [-0.1, -0.05) is 38.3 Å². The van der Waals surface area contributed by atoms with Gasteiger partial charge in [0.1, 0.15) is 5.75 Å². The third-order valence-electron chi connectivity index (χ3n) is 3.88. The Balaban J connectivity index is 2.08. The number of rotatable bonds is 4. The van der Waals surface area contributed by atoms with E-state index in [9.17, 15) is 0 Å². The van der Waals surface area contributed by atoms with E-state index in [4.69, 9.17) is 4.74 Å². The predicted molar refractivity (Wildman–Crippen MR) is 72.7 cm³/mol. The van der Waals surface area contributed by atoms with Crippen LogP contribution >= 0.6 is 0 Å². The Morgan fingerprint density at radius 3 is 2.76 bits per heavy atom. The lowest BCUT2D eigenvalue weighted by Gasteiger charge is -2.32. The zero-order valence-corrected chi connectivity index (χ0v) is 10.9. The lowest BCUT2D eigenvalue weighted by atomic mass is 9.83. The molecule has 1 fully saturated rings. The molecule has 2 heteroatoms. The van der Waals surface area contributed by atoms with E-state index in [0.717, 1.165) is 17.4 Å². The highest BCUT2D eigenvalue weighted by molar-refractivity contribution is 5.56. The predicted octanol–water partition coefficient (Wildman–Crippen LogP) is 4.08. The molecule has 1 aromatic rings. The van der Waals surface area contributed by atoms with Crippen LogP contribution in [0.4, 0.5) is 5.69 Å². The van der Waals surface area contributed by atoms with Crippen LogP contribution in [0.15, 0.2) is 24.3 Å². The molecule has 2 atom stereocenters. The summed E-state index contributed by atoms with van der Waals surface area (Å²) >= 11 is 0. The van der Waals surface area contributed by atoms with Gasteiger partial charge in [0.25, 0.3) is 0 Å². The summed E-state index contributed by atoms with van der Waals surface area (Å²) in [6.07, 6.45) is 6.67. The summed E-state index contributed by atoms with van der Waals surface area (Å²) < 4.78 is 5.39. The molecular formula is C15H23NO. The molecule has 0 saturated heterocycles. The highest BCUT2D eigenvalue weighted by atomic mass is 16.5. The van der Waals surface area contributed by atoms with Crippen molar-refractivity contribution in [3.63, 3.8) is 0 Å². The number of nitrogens with one attached hydrogen (secondary N) is 1. The second kappa shape index (κ2) is 5.95. The lowest BCUT2D eigenvalue weighted by Crippen LogP contribution is -2.31. The molecule has 0 aromatic heterocycles. The zero-order valence-electron chi connectivity index (χ0n) is 10.9. The average molecular weight is 233 g/mol. The molecule has 0 radical (unpaired) electrons. The van der Waals surface area contributed by atoms with E-state index in [1.165, 1.54) is 32.1 Å². The van der Waals surface area contributed by atoms with Gasteiger partial charge in [-0.2, -0.15) is 0 Å². The van der Waals surface area contributed by atoms with Gasteiger partial charge in [0, 0.05) is 6.04 Å². The fraction of sp³-hybridized carbons (Fsp3) is 0.600. The van der Waals surface area contributed by atoms with Crippen molar-refractivity contribution < 1.29 is 4.74 Å². The van der Waals surface area contributed by atoms with Gasteiger partial charge in [0.15, 0.2) is 0 Å². The smallest absolute Gasteiger partial charge is 0.141 e. The first-order chi connectivity index (χ1) is 8.35. The Bertz CT molecular complexity index is 351. The van der Waals surface area contributed by atoms with Crippen molar-refractivity contribution in [1.29, 1.82) is 0 Å². The van der Waals surface area contributed by atoms with E-state index < -0.39 is 0 Å². The Kier molecular flexibility index (Phi) is 4.29. The zero-order chi connectivity index (χ0) is 12.1. The number of ether oxygens (including phenoxy) is 1. The maximum atomic E-state index is 5.39. The second-order valence-corrected chi connectivity index (χ2v) is 4.90. The van der Waals surface area contributed by atoms with E-state index in [1.807, 2.05) is 12.1 Å². The van der Waals surface area contributed by atoms with Crippen LogP contribution in [0, 0.1) is 5.92 Å². The van der Waals surface area contributed by atoms with E-state index >= 15 is 0 Å². The average Bonchev–Trinajstić information content (AvgIpc) is 2.40. The van der Waals surface area contributed by atoms with Crippen LogP contribution in [0.25, 0.3) is 0 Å². The minimum atomic E-state index is 0.616. The van der Waals surface area contributed by atoms with Crippen LogP contribution in [-0.4, -0.2) is 13.2 Å². The van der Waals surface area contributed by atoms with Crippen LogP contribution in [0.2, 0.25) is 0 Å². The number of anilines is 1. The van der Waals surface area contributed by atoms with Crippen LogP contribution < -0.4 is 10.1 Å². The first kappa shape index (κ1) is 12.3. The van der Waals surface area contributed by atoms with Crippen LogP contribution in [0.3, 0.4) is 0 Å². The van der Waals surface area contributed by atoms with Crippen molar-refractivity contribution in [2.24, 2.45) is 5.92 Å². The quantitative estimate of drug-likeness (QED) is 0.846. The summed E-state index contributed by atoms with van der Waals surface area (Å²) in [5.74, 6) is 1.77. The lowest BCUT2D eigenvalue weighted by molar-refractivity contribution is 0.316. The molecule has 0 heterocycles. The molecule has 1 saturated carbocycles. The molecule has 2 nitrogen and oxygen atoms in total. The Morgan fingerprint density at radius 2 is 2.00 bits per heavy atom. The molecule has 0 spiro atoms. The van der Waals surface area contributed by atoms with Gasteiger partial charge in [-0.3, -0.25) is 0 Å². The van der Waals surface area contributed by atoms with Gasteiger partial charge < -0.3 is 10.1 Å². The summed E-state index contributed by atoms with van der Waals surface area (Å²) in [5, 5.41) is 3.68. The molecule has 0 bridgehead atoms. The number of benzene rings is 1. The highest BCUT2D eigenvalue weighted by Crippen LogP contribution is 2.32. The van der Waals surface area contributed by atoms with E-state index in [0.29, 0.717) is 6.04 Å². The van der Waals surface area contributed by atoms with Crippen molar-refractivity contribution in [2.75, 3.05) is 12.4 Å². The minimum Gasteiger partial charge on any atom is -0.495 e. The minimum absolute atomic E-state index is 0.616. The largest absolute Gasteiger partial charge is 0.495 e. The fourth-order valence-corrected chi connectivity index (χ4v) is 2.85. The molecule has 2 unspecified atom stereocenters. The molecule has 94 valence electrons. The number of methoxy groups -OCH3 is 1. The second-order valence-electron chi connectivity index (χ2n) is 4.90. The van der Waals surface area contributed by atoms with Crippen LogP contribution in [0.5, 0.6) is 5.75 Å². The third-order valence-corrected chi connectivity index (χ3v) is 3.88. The van der Waals surface area contributed by atoms with Crippen LogP contribution in [-0.2, 0) is 0 Å². The van der Waals surface area contributed by atoms with E-state index in [2.05, 4.69) is 24.4 Å². The first-order valence-electron chi connectivity index (χ1n) is 6.74. The van der Waals surface area contributed by atoms with Gasteiger partial charge >= 0.3 is 0 Å². The molecule has 0 amide bonds. The van der Waals surface area contributed by atoms with Crippen molar-refractivity contribution in [1.82, 2.24) is 0 Å². The van der Waals surface area contributed by atoms with Crippen molar-refractivity contribution in [2.45, 2.75) is 45.1 Å². The maximum absolute atomic E-state index is 5.39. The fourth-order valence-electron chi connectivity index (χ4n) is 2.85. The van der Waals surface area contributed by atoms with Gasteiger partial charge in [-0.25, -0.2) is 0 Å². The molecule has 1 aromatic carbocycles. The summed E-state index contributed by atoms with van der Waals surface area (Å²) in [7, 11) is 1.73. The van der Waals surface area contributed by atoms with Crippen LogP contribution in [0.1, 0.15) is 39.0 Å². The van der Waals surface area contributed by atoms with Gasteiger partial charge in [0.05, 0.1) is 12.8 Å². The van der Waals surface area contributed by atoms with E-state index in [-0.39, 0.29) is 0 Å². The number of hydrogen-bond acceptors (Lipinski definition) is 2. The molecule has 0 aliphatic heterocycles. The van der Waals surface area contributed by atoms with E-state index in [1.54, 1.807) is 7.11 Å². The summed E-state index contributed by atoms with van der Waals surface area (Å²) in [6, 6.07) is 8.83. The van der Waals surface area contributed by atoms with Crippen molar-refractivity contribution in [3.05, 3.63) is 24.3 Å². The summed E-state index contributed by atoms with van der Waals surface area (Å²) in [5.41, 5.74) is 1.14. The van der Waals surface area contributed by atoms with Crippen molar-refractivity contribution >= 4 is 5.69 Å². The number of hydrogen-bond donors (Lipinski definition) is 1. The van der Waals surface area contributed by atoms with Gasteiger partial charge in [-0.05, 0) is 30.9 Å². The molecule has 1 aliphatic carbocycles. The Labute approximate surface area is 104 Å². The normalized spacial score (nSPS) is 24.4. The molecule has 2 rings (SSSR count). The van der Waals surface area contributed by atoms with Crippen molar-refractivity contribution in [3.8, 4) is 5.75 Å². The maximum Gasteiger partial charge on any atom is 0.141 e. The first-order valence-corrected chi connectivity index (χ1v) is 6.74. The Morgan fingerprint density at radius 1 is 1.24 bits per heavy atom. The monoisotopic (exact) mass is 233 g/mol. The topological polar surface area (TPSA) is 21.3 Å². The molecule has 1 N–H and O–H groups in total. The SMILES string of the molecule is CCC1CCCCC1Nc1ccccc1OC. The molecule has 1 aliphatic rings. The number of para-hydroxylation sites is 2. The molecule has 17 heavy (non-hydrogen) atoms. The molecular weight excluding hydrogens is 210 g/mol. The third kappa shape index (κ3) is 2.93. The Hall–Kier alpha value is -1.18. The van der Waals surface area contributed by atoms with Gasteiger partial charge in [-0.15, -0.1) is 0 Å².